The zero-order valence-electron chi connectivity index (χ0n) is 17.6. The van der Waals surface area contributed by atoms with Crippen molar-refractivity contribution >= 4 is 46.2 Å². The predicted molar refractivity (Wildman–Crippen MR) is 120 cm³/mol. The van der Waals surface area contributed by atoms with Crippen molar-refractivity contribution in [1.82, 2.24) is 4.98 Å². The number of anilines is 2. The molecule has 0 bridgehead atoms. The number of benzene rings is 2. The van der Waals surface area contributed by atoms with Crippen molar-refractivity contribution in [3.05, 3.63) is 76.8 Å². The Labute approximate surface area is 195 Å². The molecule has 3 rings (SSSR count). The molecule has 0 radical (unpaired) electrons. The maximum atomic E-state index is 13.2. The highest BCUT2D eigenvalue weighted by Gasteiger charge is 2.31. The Morgan fingerprint density at radius 3 is 2.56 bits per heavy atom. The standard InChI is InChI=1S/C22H17F3N4O4S/c1-14(30)27-21-28-18(13-34-21)20(32)33-12-19(31)29(26-11-15-6-3-2-4-7-15)17-9-5-8-16(10-17)22(23,24)25/h2-11,13H,12H2,1H3,(H,27,28,30)/b26-11+. The number of alkyl halides is 3. The van der Waals surface area contributed by atoms with Crippen molar-refractivity contribution in [3.63, 3.8) is 0 Å². The van der Waals surface area contributed by atoms with E-state index in [1.807, 2.05) is 0 Å². The number of hydrazone groups is 1. The smallest absolute Gasteiger partial charge is 0.416 e. The Hall–Kier alpha value is -4.06. The summed E-state index contributed by atoms with van der Waals surface area (Å²) < 4.78 is 44.5. The van der Waals surface area contributed by atoms with Crippen LogP contribution in [0.5, 0.6) is 0 Å². The maximum Gasteiger partial charge on any atom is 0.416 e. The van der Waals surface area contributed by atoms with Gasteiger partial charge < -0.3 is 10.1 Å². The van der Waals surface area contributed by atoms with Gasteiger partial charge in [0, 0.05) is 12.3 Å². The molecule has 3 aromatic rings. The zero-order valence-corrected chi connectivity index (χ0v) is 18.4. The van der Waals surface area contributed by atoms with Gasteiger partial charge in [-0.2, -0.15) is 23.3 Å². The number of nitrogens with zero attached hydrogens (tertiary/aromatic N) is 3. The van der Waals surface area contributed by atoms with E-state index < -0.39 is 30.2 Å². The minimum absolute atomic E-state index is 0.139. The molecule has 0 aliphatic heterocycles. The quantitative estimate of drug-likeness (QED) is 0.302. The highest BCUT2D eigenvalue weighted by atomic mass is 32.1. The van der Waals surface area contributed by atoms with Gasteiger partial charge in [0.15, 0.2) is 17.4 Å². The molecule has 0 atom stereocenters. The van der Waals surface area contributed by atoms with Crippen molar-refractivity contribution in [1.29, 1.82) is 0 Å². The lowest BCUT2D eigenvalue weighted by atomic mass is 10.2. The lowest BCUT2D eigenvalue weighted by Gasteiger charge is -2.18. The van der Waals surface area contributed by atoms with Gasteiger partial charge in [0.25, 0.3) is 5.91 Å². The van der Waals surface area contributed by atoms with Crippen LogP contribution in [0.25, 0.3) is 0 Å². The number of aromatic nitrogens is 1. The van der Waals surface area contributed by atoms with Crippen LogP contribution in [-0.4, -0.2) is 35.6 Å². The van der Waals surface area contributed by atoms with Crippen LogP contribution in [0.4, 0.5) is 24.0 Å². The number of hydrogen-bond donors (Lipinski definition) is 1. The second-order valence-electron chi connectivity index (χ2n) is 6.70. The Balaban J connectivity index is 1.79. The molecule has 0 fully saturated rings. The number of ether oxygens (including phenoxy) is 1. The van der Waals surface area contributed by atoms with E-state index in [9.17, 15) is 27.6 Å². The van der Waals surface area contributed by atoms with Gasteiger partial charge in [0.1, 0.15) is 0 Å². The molecule has 0 saturated carbocycles. The molecule has 1 heterocycles. The van der Waals surface area contributed by atoms with Gasteiger partial charge >= 0.3 is 12.1 Å². The second-order valence-corrected chi connectivity index (χ2v) is 7.56. The van der Waals surface area contributed by atoms with E-state index in [4.69, 9.17) is 4.74 Å². The van der Waals surface area contributed by atoms with Crippen molar-refractivity contribution in [3.8, 4) is 0 Å². The van der Waals surface area contributed by atoms with Gasteiger partial charge in [-0.25, -0.2) is 9.78 Å². The third-order valence-electron chi connectivity index (χ3n) is 4.10. The van der Waals surface area contributed by atoms with Gasteiger partial charge in [-0.3, -0.25) is 9.59 Å². The Morgan fingerprint density at radius 1 is 1.15 bits per heavy atom. The van der Waals surface area contributed by atoms with E-state index in [0.29, 0.717) is 5.56 Å². The molecule has 0 aliphatic rings. The van der Waals surface area contributed by atoms with Crippen LogP contribution >= 0.6 is 11.3 Å². The number of esters is 1. The number of carbonyl (C=O) groups is 3. The SMILES string of the molecule is CC(=O)Nc1nc(C(=O)OCC(=O)N(/N=C/c2ccccc2)c2cccc(C(F)(F)F)c2)cs1. The number of halogens is 3. The van der Waals surface area contributed by atoms with Gasteiger partial charge in [-0.1, -0.05) is 36.4 Å². The van der Waals surface area contributed by atoms with Crippen LogP contribution < -0.4 is 10.3 Å². The minimum Gasteiger partial charge on any atom is -0.451 e. The lowest BCUT2D eigenvalue weighted by molar-refractivity contribution is -0.137. The number of nitrogens with one attached hydrogen (secondary N) is 1. The van der Waals surface area contributed by atoms with Crippen LogP contribution in [-0.2, 0) is 20.5 Å². The molecule has 0 spiro atoms. The van der Waals surface area contributed by atoms with Gasteiger partial charge in [0.05, 0.1) is 17.5 Å². The molecule has 12 heteroatoms. The molecule has 176 valence electrons. The summed E-state index contributed by atoms with van der Waals surface area (Å²) in [5.74, 6) is -2.22. The first-order chi connectivity index (χ1) is 16.1. The third-order valence-corrected chi connectivity index (χ3v) is 4.86. The first kappa shape index (κ1) is 24.6. The predicted octanol–water partition coefficient (Wildman–Crippen LogP) is 4.34. The molecule has 2 aromatic carbocycles. The summed E-state index contributed by atoms with van der Waals surface area (Å²) >= 11 is 0.984. The van der Waals surface area contributed by atoms with Crippen molar-refractivity contribution in [2.24, 2.45) is 5.10 Å². The highest BCUT2D eigenvalue weighted by Crippen LogP contribution is 2.31. The third kappa shape index (κ3) is 6.72. The van der Waals surface area contributed by atoms with Crippen LogP contribution in [0.1, 0.15) is 28.5 Å². The van der Waals surface area contributed by atoms with E-state index in [-0.39, 0.29) is 22.4 Å². The van der Waals surface area contributed by atoms with E-state index in [0.717, 1.165) is 34.5 Å². The average Bonchev–Trinajstić information content (AvgIpc) is 3.26. The van der Waals surface area contributed by atoms with E-state index in [1.54, 1.807) is 30.3 Å². The summed E-state index contributed by atoms with van der Waals surface area (Å²) in [7, 11) is 0. The van der Waals surface area contributed by atoms with E-state index in [1.165, 1.54) is 24.6 Å². The average molecular weight is 490 g/mol. The Kier molecular flexibility index (Phi) is 7.74. The largest absolute Gasteiger partial charge is 0.451 e. The molecule has 0 unspecified atom stereocenters. The number of amides is 2. The number of thiazole rings is 1. The number of hydrogen-bond acceptors (Lipinski definition) is 7. The molecular formula is C22H17F3N4O4S. The zero-order chi connectivity index (χ0) is 24.7. The monoisotopic (exact) mass is 490 g/mol. The number of rotatable bonds is 7. The fourth-order valence-corrected chi connectivity index (χ4v) is 3.32. The first-order valence-corrected chi connectivity index (χ1v) is 10.5. The topological polar surface area (TPSA) is 101 Å². The van der Waals surface area contributed by atoms with Crippen LogP contribution in [0, 0.1) is 0 Å². The summed E-state index contributed by atoms with van der Waals surface area (Å²) in [4.78, 5) is 40.0. The van der Waals surface area contributed by atoms with E-state index in [2.05, 4.69) is 15.4 Å². The fourth-order valence-electron chi connectivity index (χ4n) is 2.59. The molecule has 0 saturated heterocycles. The van der Waals surface area contributed by atoms with Crippen LogP contribution in [0.2, 0.25) is 0 Å². The van der Waals surface area contributed by atoms with E-state index >= 15 is 0 Å². The molecule has 0 aliphatic carbocycles. The fraction of sp³-hybridized carbons (Fsp3) is 0.136. The minimum atomic E-state index is -4.63. The molecule has 1 aromatic heterocycles. The van der Waals surface area contributed by atoms with Gasteiger partial charge in [-0.15, -0.1) is 11.3 Å². The summed E-state index contributed by atoms with van der Waals surface area (Å²) in [6, 6.07) is 12.6. The normalized spacial score (nSPS) is 11.3. The van der Waals surface area contributed by atoms with Gasteiger partial charge in [0.2, 0.25) is 5.91 Å². The second kappa shape index (κ2) is 10.7. The van der Waals surface area contributed by atoms with Gasteiger partial charge in [-0.05, 0) is 23.8 Å². The highest BCUT2D eigenvalue weighted by molar-refractivity contribution is 7.14. The molecule has 2 amide bonds. The Bertz CT molecular complexity index is 1210. The Morgan fingerprint density at radius 2 is 1.88 bits per heavy atom. The summed E-state index contributed by atoms with van der Waals surface area (Å²) in [6.07, 6.45) is -3.34. The molecule has 8 nitrogen and oxygen atoms in total. The van der Waals surface area contributed by atoms with Crippen LogP contribution in [0.3, 0.4) is 0 Å². The summed E-state index contributed by atoms with van der Waals surface area (Å²) in [6.45, 7) is 0.463. The van der Waals surface area contributed by atoms with Crippen molar-refractivity contribution in [2.45, 2.75) is 13.1 Å². The summed E-state index contributed by atoms with van der Waals surface area (Å²) in [5.41, 5.74) is -0.676. The van der Waals surface area contributed by atoms with Crippen molar-refractivity contribution in [2.75, 3.05) is 16.9 Å². The van der Waals surface area contributed by atoms with Crippen LogP contribution in [0.15, 0.2) is 65.1 Å². The lowest BCUT2D eigenvalue weighted by Crippen LogP contribution is -2.31. The maximum absolute atomic E-state index is 13.2. The molecule has 1 N–H and O–H groups in total. The van der Waals surface area contributed by atoms with Crippen molar-refractivity contribution < 1.29 is 32.3 Å². The number of carbonyl (C=O) groups excluding carboxylic acids is 3. The molecular weight excluding hydrogens is 473 g/mol. The summed E-state index contributed by atoms with van der Waals surface area (Å²) in [5, 5.41) is 8.64. The first-order valence-electron chi connectivity index (χ1n) is 9.63. The molecule has 34 heavy (non-hydrogen) atoms.